The zero-order chi connectivity index (χ0) is 14.5. The molecule has 1 heterocycles. The van der Waals surface area contributed by atoms with Crippen molar-refractivity contribution in [3.63, 3.8) is 0 Å². The van der Waals surface area contributed by atoms with Gasteiger partial charge in [0, 0.05) is 18.3 Å². The van der Waals surface area contributed by atoms with Crippen LogP contribution in [-0.2, 0) is 0 Å². The Morgan fingerprint density at radius 3 is 2.85 bits per heavy atom. The second-order valence-corrected chi connectivity index (χ2v) is 6.36. The number of hydrogen-bond acceptors (Lipinski definition) is 2. The first-order valence-electron chi connectivity index (χ1n) is 7.92. The molecule has 0 amide bonds. The second kappa shape index (κ2) is 6.79. The van der Waals surface area contributed by atoms with Crippen LogP contribution >= 0.6 is 0 Å². The van der Waals surface area contributed by atoms with E-state index in [-0.39, 0.29) is 0 Å². The maximum Gasteiger partial charge on any atom is 0.0992 e. The Balaban J connectivity index is 2.22. The molecule has 0 aliphatic carbocycles. The number of hydrogen-bond donors (Lipinski definition) is 0. The van der Waals surface area contributed by atoms with E-state index in [0.717, 1.165) is 23.9 Å². The molecule has 1 fully saturated rings. The molecule has 2 atom stereocenters. The van der Waals surface area contributed by atoms with Gasteiger partial charge in [0.05, 0.1) is 11.6 Å². The molecule has 1 saturated heterocycles. The van der Waals surface area contributed by atoms with Crippen molar-refractivity contribution < 1.29 is 0 Å². The van der Waals surface area contributed by atoms with E-state index in [4.69, 9.17) is 5.26 Å². The monoisotopic (exact) mass is 270 g/mol. The predicted molar refractivity (Wildman–Crippen MR) is 84.8 cm³/mol. The summed E-state index contributed by atoms with van der Waals surface area (Å²) in [5.41, 5.74) is 1.99. The van der Waals surface area contributed by atoms with Gasteiger partial charge in [-0.15, -0.1) is 0 Å². The van der Waals surface area contributed by atoms with Crippen LogP contribution in [0.1, 0.15) is 52.0 Å². The van der Waals surface area contributed by atoms with Crippen molar-refractivity contribution in [2.45, 2.75) is 52.5 Å². The molecule has 0 spiro atoms. The van der Waals surface area contributed by atoms with E-state index < -0.39 is 0 Å². The zero-order valence-electron chi connectivity index (χ0n) is 13.0. The van der Waals surface area contributed by atoms with Gasteiger partial charge in [0.15, 0.2) is 0 Å². The summed E-state index contributed by atoms with van der Waals surface area (Å²) >= 11 is 0. The molecule has 20 heavy (non-hydrogen) atoms. The summed E-state index contributed by atoms with van der Waals surface area (Å²) in [5, 5.41) is 9.09. The van der Waals surface area contributed by atoms with Crippen LogP contribution in [0.4, 0.5) is 5.69 Å². The summed E-state index contributed by atoms with van der Waals surface area (Å²) in [7, 11) is 0. The molecular weight excluding hydrogens is 244 g/mol. The fourth-order valence-electron chi connectivity index (χ4n) is 3.65. The van der Waals surface area contributed by atoms with Gasteiger partial charge in [-0.25, -0.2) is 0 Å². The highest BCUT2D eigenvalue weighted by Gasteiger charge is 2.30. The van der Waals surface area contributed by atoms with Crippen molar-refractivity contribution in [1.29, 1.82) is 5.26 Å². The van der Waals surface area contributed by atoms with Crippen LogP contribution in [0, 0.1) is 23.2 Å². The van der Waals surface area contributed by atoms with E-state index in [1.54, 1.807) is 0 Å². The number of nitriles is 1. The molecular formula is C18H26N2. The fraction of sp³-hybridized carbons (Fsp3) is 0.611. The average Bonchev–Trinajstić information content (AvgIpc) is 2.46. The Morgan fingerprint density at radius 2 is 2.20 bits per heavy atom. The van der Waals surface area contributed by atoms with E-state index in [0.29, 0.717) is 6.04 Å². The molecule has 1 aliphatic rings. The summed E-state index contributed by atoms with van der Waals surface area (Å²) in [6.45, 7) is 8.07. The summed E-state index contributed by atoms with van der Waals surface area (Å²) in [6, 6.07) is 11.0. The maximum atomic E-state index is 9.09. The summed E-state index contributed by atoms with van der Waals surface area (Å²) in [6.07, 6.45) is 5.12. The lowest BCUT2D eigenvalue weighted by Crippen LogP contribution is -2.45. The van der Waals surface area contributed by atoms with E-state index in [1.807, 2.05) is 18.2 Å². The Labute approximate surface area is 123 Å². The number of benzene rings is 1. The third-order valence-electron chi connectivity index (χ3n) is 4.42. The minimum Gasteiger partial charge on any atom is -0.368 e. The van der Waals surface area contributed by atoms with E-state index in [1.165, 1.54) is 31.4 Å². The molecule has 0 aromatic heterocycles. The van der Waals surface area contributed by atoms with Crippen molar-refractivity contribution >= 4 is 5.69 Å². The topological polar surface area (TPSA) is 27.0 Å². The minimum atomic E-state index is 0.625. The lowest BCUT2D eigenvalue weighted by Gasteiger charge is -2.43. The van der Waals surface area contributed by atoms with E-state index >= 15 is 0 Å². The molecule has 0 N–H and O–H groups in total. The highest BCUT2D eigenvalue weighted by atomic mass is 15.2. The van der Waals surface area contributed by atoms with Gasteiger partial charge in [-0.3, -0.25) is 0 Å². The average molecular weight is 270 g/mol. The molecule has 0 bridgehead atoms. The summed E-state index contributed by atoms with van der Waals surface area (Å²) in [5.74, 6) is 1.55. The molecule has 2 unspecified atom stereocenters. The molecule has 2 heteroatoms. The van der Waals surface area contributed by atoms with Crippen LogP contribution < -0.4 is 4.90 Å². The first-order chi connectivity index (χ1) is 9.65. The highest BCUT2D eigenvalue weighted by Crippen LogP contribution is 2.34. The van der Waals surface area contributed by atoms with Gasteiger partial charge in [0.25, 0.3) is 0 Å². The molecule has 1 aliphatic heterocycles. The van der Waals surface area contributed by atoms with Crippen molar-refractivity contribution in [3.8, 4) is 6.07 Å². The molecule has 1 aromatic carbocycles. The first-order valence-corrected chi connectivity index (χ1v) is 7.92. The number of anilines is 1. The Bertz CT molecular complexity index is 473. The van der Waals surface area contributed by atoms with E-state index in [2.05, 4.69) is 37.8 Å². The van der Waals surface area contributed by atoms with Crippen LogP contribution in [0.25, 0.3) is 0 Å². The van der Waals surface area contributed by atoms with Crippen LogP contribution in [0.2, 0.25) is 0 Å². The molecule has 108 valence electrons. The molecule has 0 radical (unpaired) electrons. The maximum absolute atomic E-state index is 9.09. The summed E-state index contributed by atoms with van der Waals surface area (Å²) in [4.78, 5) is 2.54. The molecule has 2 nitrogen and oxygen atoms in total. The Kier molecular flexibility index (Phi) is 5.06. The Hall–Kier alpha value is -1.49. The van der Waals surface area contributed by atoms with Gasteiger partial charge in [-0.1, -0.05) is 26.8 Å². The predicted octanol–water partition coefficient (Wildman–Crippen LogP) is 4.60. The fourth-order valence-corrected chi connectivity index (χ4v) is 3.65. The van der Waals surface area contributed by atoms with Crippen molar-refractivity contribution in [2.75, 3.05) is 11.4 Å². The SMILES string of the molecule is CCC1C(CC(C)C)CCCN1c1cccc(C#N)c1. The molecule has 1 aromatic rings. The standard InChI is InChI=1S/C18H26N2/c1-4-18-16(11-14(2)3)8-6-10-20(18)17-9-5-7-15(12-17)13-19/h5,7,9,12,14,16,18H,4,6,8,10-11H2,1-3H3. The first kappa shape index (κ1) is 14.9. The smallest absolute Gasteiger partial charge is 0.0992 e. The van der Waals surface area contributed by atoms with Gasteiger partial charge in [0.2, 0.25) is 0 Å². The lowest BCUT2D eigenvalue weighted by molar-refractivity contribution is 0.270. The zero-order valence-corrected chi connectivity index (χ0v) is 13.0. The lowest BCUT2D eigenvalue weighted by atomic mass is 9.81. The normalized spacial score (nSPS) is 22.9. The molecule has 2 rings (SSSR count). The van der Waals surface area contributed by atoms with Crippen molar-refractivity contribution in [1.82, 2.24) is 0 Å². The van der Waals surface area contributed by atoms with Gasteiger partial charge in [-0.2, -0.15) is 5.26 Å². The largest absolute Gasteiger partial charge is 0.368 e. The molecule has 0 saturated carbocycles. The van der Waals surface area contributed by atoms with Crippen LogP contribution in [0.15, 0.2) is 24.3 Å². The quantitative estimate of drug-likeness (QED) is 0.799. The van der Waals surface area contributed by atoms with Crippen molar-refractivity contribution in [3.05, 3.63) is 29.8 Å². The van der Waals surface area contributed by atoms with Gasteiger partial charge >= 0.3 is 0 Å². The number of rotatable bonds is 4. The Morgan fingerprint density at radius 1 is 1.40 bits per heavy atom. The highest BCUT2D eigenvalue weighted by molar-refractivity contribution is 5.52. The van der Waals surface area contributed by atoms with Crippen LogP contribution in [0.5, 0.6) is 0 Å². The van der Waals surface area contributed by atoms with Gasteiger partial charge < -0.3 is 4.90 Å². The van der Waals surface area contributed by atoms with Crippen LogP contribution in [-0.4, -0.2) is 12.6 Å². The number of piperidine rings is 1. The third-order valence-corrected chi connectivity index (χ3v) is 4.42. The number of nitrogens with zero attached hydrogens (tertiary/aromatic N) is 2. The van der Waals surface area contributed by atoms with Crippen molar-refractivity contribution in [2.24, 2.45) is 11.8 Å². The summed E-state index contributed by atoms with van der Waals surface area (Å²) < 4.78 is 0. The van der Waals surface area contributed by atoms with E-state index in [9.17, 15) is 0 Å². The minimum absolute atomic E-state index is 0.625. The van der Waals surface area contributed by atoms with Gasteiger partial charge in [-0.05, 0) is 55.7 Å². The van der Waals surface area contributed by atoms with Gasteiger partial charge in [0.1, 0.15) is 0 Å². The second-order valence-electron chi connectivity index (χ2n) is 6.36. The van der Waals surface area contributed by atoms with Crippen LogP contribution in [0.3, 0.4) is 0 Å². The third kappa shape index (κ3) is 3.33.